The Morgan fingerprint density at radius 1 is 1.25 bits per heavy atom. The van der Waals surface area contributed by atoms with E-state index in [1.54, 1.807) is 6.08 Å². The van der Waals surface area contributed by atoms with Crippen LogP contribution in [0.4, 0.5) is 0 Å². The number of rotatable bonds is 7. The Morgan fingerprint density at radius 2 is 2.00 bits per heavy atom. The first-order valence-electron chi connectivity index (χ1n) is 5.66. The lowest BCUT2D eigenvalue weighted by Crippen LogP contribution is -2.10. The molecule has 0 fully saturated rings. The summed E-state index contributed by atoms with van der Waals surface area (Å²) in [5, 5.41) is 0. The van der Waals surface area contributed by atoms with Crippen LogP contribution in [0.25, 0.3) is 6.08 Å². The maximum Gasteiger partial charge on any atom is 0.126 e. The summed E-state index contributed by atoms with van der Waals surface area (Å²) in [6.07, 6.45) is 1.80. The van der Waals surface area contributed by atoms with E-state index in [0.717, 1.165) is 17.9 Å². The molecule has 1 rings (SSSR count). The Balaban J connectivity index is 2.29. The maximum atomic E-state index is 5.61. The van der Waals surface area contributed by atoms with E-state index in [2.05, 4.69) is 20.4 Å². The van der Waals surface area contributed by atoms with Gasteiger partial charge in [0.15, 0.2) is 0 Å². The van der Waals surface area contributed by atoms with Crippen LogP contribution in [-0.4, -0.2) is 19.8 Å². The molecule has 88 valence electrons. The number of ether oxygens (including phenoxy) is 2. The molecule has 1 aromatic carbocycles. The minimum atomic E-state index is 0.570. The third kappa shape index (κ3) is 4.49. The molecule has 0 spiro atoms. The van der Waals surface area contributed by atoms with Gasteiger partial charge in [0.1, 0.15) is 12.4 Å². The van der Waals surface area contributed by atoms with Gasteiger partial charge in [0.25, 0.3) is 0 Å². The molecule has 0 atom stereocenters. The predicted molar refractivity (Wildman–Crippen MR) is 67.7 cm³/mol. The molecule has 0 saturated heterocycles. The summed E-state index contributed by atoms with van der Waals surface area (Å²) in [4.78, 5) is 0. The molecule has 16 heavy (non-hydrogen) atoms. The highest BCUT2D eigenvalue weighted by Gasteiger charge is 1.99. The van der Waals surface area contributed by atoms with Crippen LogP contribution in [0.5, 0.6) is 5.75 Å². The fourth-order valence-electron chi connectivity index (χ4n) is 1.31. The van der Waals surface area contributed by atoms with Gasteiger partial charge in [0.2, 0.25) is 0 Å². The first-order chi connectivity index (χ1) is 7.74. The van der Waals surface area contributed by atoms with E-state index in [-0.39, 0.29) is 0 Å². The molecule has 0 bridgehead atoms. The van der Waals surface area contributed by atoms with Crippen molar-refractivity contribution in [2.24, 2.45) is 5.92 Å². The van der Waals surface area contributed by atoms with Crippen molar-refractivity contribution in [1.29, 1.82) is 0 Å². The molecule has 0 N–H and O–H groups in total. The van der Waals surface area contributed by atoms with Gasteiger partial charge >= 0.3 is 0 Å². The van der Waals surface area contributed by atoms with Gasteiger partial charge in [0.05, 0.1) is 6.61 Å². The number of hydrogen-bond acceptors (Lipinski definition) is 2. The van der Waals surface area contributed by atoms with Crippen LogP contribution >= 0.6 is 0 Å². The average molecular weight is 220 g/mol. The second kappa shape index (κ2) is 7.07. The largest absolute Gasteiger partial charge is 0.491 e. The lowest BCUT2D eigenvalue weighted by Gasteiger charge is -2.10. The fourth-order valence-corrected chi connectivity index (χ4v) is 1.31. The van der Waals surface area contributed by atoms with Crippen molar-refractivity contribution in [3.05, 3.63) is 36.4 Å². The molecule has 0 heterocycles. The van der Waals surface area contributed by atoms with E-state index in [9.17, 15) is 0 Å². The van der Waals surface area contributed by atoms with Crippen LogP contribution in [-0.2, 0) is 4.74 Å². The third-order valence-corrected chi connectivity index (χ3v) is 2.08. The molecule has 0 radical (unpaired) electrons. The molecule has 0 aliphatic carbocycles. The highest BCUT2D eigenvalue weighted by atomic mass is 16.5. The topological polar surface area (TPSA) is 18.5 Å². The summed E-state index contributed by atoms with van der Waals surface area (Å²) in [6, 6.07) is 7.85. The maximum absolute atomic E-state index is 5.61. The lowest BCUT2D eigenvalue weighted by atomic mass is 10.2. The zero-order chi connectivity index (χ0) is 11.8. The van der Waals surface area contributed by atoms with Crippen LogP contribution in [0.15, 0.2) is 30.8 Å². The Labute approximate surface area is 97.9 Å². The van der Waals surface area contributed by atoms with E-state index in [4.69, 9.17) is 9.47 Å². The molecular formula is C14H20O2. The van der Waals surface area contributed by atoms with Gasteiger partial charge in [-0.05, 0) is 12.0 Å². The molecular weight excluding hydrogens is 200 g/mol. The van der Waals surface area contributed by atoms with Crippen LogP contribution in [0.3, 0.4) is 0 Å². The van der Waals surface area contributed by atoms with Crippen molar-refractivity contribution < 1.29 is 9.47 Å². The Kier molecular flexibility index (Phi) is 5.65. The van der Waals surface area contributed by atoms with Gasteiger partial charge < -0.3 is 9.47 Å². The molecule has 0 amide bonds. The Bertz CT molecular complexity index is 318. The highest BCUT2D eigenvalue weighted by Crippen LogP contribution is 2.18. The van der Waals surface area contributed by atoms with Crippen molar-refractivity contribution >= 4 is 6.08 Å². The van der Waals surface area contributed by atoms with E-state index in [1.165, 1.54) is 0 Å². The van der Waals surface area contributed by atoms with Crippen molar-refractivity contribution in [2.45, 2.75) is 13.8 Å². The first kappa shape index (κ1) is 12.8. The average Bonchev–Trinajstić information content (AvgIpc) is 2.29. The van der Waals surface area contributed by atoms with Gasteiger partial charge in [-0.25, -0.2) is 0 Å². The fraction of sp³-hybridized carbons (Fsp3) is 0.429. The van der Waals surface area contributed by atoms with Gasteiger partial charge in [-0.1, -0.05) is 44.7 Å². The zero-order valence-corrected chi connectivity index (χ0v) is 10.1. The molecule has 2 heteroatoms. The number of benzene rings is 1. The smallest absolute Gasteiger partial charge is 0.126 e. The van der Waals surface area contributed by atoms with E-state index in [1.807, 2.05) is 24.3 Å². The van der Waals surface area contributed by atoms with E-state index >= 15 is 0 Å². The Morgan fingerprint density at radius 3 is 2.69 bits per heavy atom. The number of para-hydroxylation sites is 1. The summed E-state index contributed by atoms with van der Waals surface area (Å²) in [5.41, 5.74) is 1.02. The van der Waals surface area contributed by atoms with Crippen molar-refractivity contribution in [3.8, 4) is 5.75 Å². The molecule has 0 aliphatic rings. The van der Waals surface area contributed by atoms with Gasteiger partial charge in [-0.2, -0.15) is 0 Å². The van der Waals surface area contributed by atoms with Crippen molar-refractivity contribution in [2.75, 3.05) is 19.8 Å². The van der Waals surface area contributed by atoms with E-state index in [0.29, 0.717) is 19.1 Å². The molecule has 0 unspecified atom stereocenters. The molecule has 2 nitrogen and oxygen atoms in total. The lowest BCUT2D eigenvalue weighted by molar-refractivity contribution is 0.0818. The SMILES string of the molecule is C=Cc1ccccc1OCCOCC(C)C. The van der Waals surface area contributed by atoms with Crippen LogP contribution in [0.2, 0.25) is 0 Å². The summed E-state index contributed by atoms with van der Waals surface area (Å²) < 4.78 is 11.1. The van der Waals surface area contributed by atoms with Crippen LogP contribution in [0.1, 0.15) is 19.4 Å². The second-order valence-corrected chi connectivity index (χ2v) is 4.06. The zero-order valence-electron chi connectivity index (χ0n) is 10.1. The second-order valence-electron chi connectivity index (χ2n) is 4.06. The Hall–Kier alpha value is -1.28. The first-order valence-corrected chi connectivity index (χ1v) is 5.66. The predicted octanol–water partition coefficient (Wildman–Crippen LogP) is 3.38. The van der Waals surface area contributed by atoms with Crippen molar-refractivity contribution in [3.63, 3.8) is 0 Å². The summed E-state index contributed by atoms with van der Waals surface area (Å²) in [6.45, 7) is 10.0. The van der Waals surface area contributed by atoms with Crippen molar-refractivity contribution in [1.82, 2.24) is 0 Å². The standard InChI is InChI=1S/C14H20O2/c1-4-13-7-5-6-8-14(13)16-10-9-15-11-12(2)3/h4-8,12H,1,9-11H2,2-3H3. The highest BCUT2D eigenvalue weighted by molar-refractivity contribution is 5.55. The normalized spacial score (nSPS) is 10.4. The van der Waals surface area contributed by atoms with E-state index < -0.39 is 0 Å². The minimum absolute atomic E-state index is 0.570. The van der Waals surface area contributed by atoms with Crippen LogP contribution < -0.4 is 4.74 Å². The summed E-state index contributed by atoms with van der Waals surface area (Å²) in [7, 11) is 0. The third-order valence-electron chi connectivity index (χ3n) is 2.08. The summed E-state index contributed by atoms with van der Waals surface area (Å²) >= 11 is 0. The monoisotopic (exact) mass is 220 g/mol. The quantitative estimate of drug-likeness (QED) is 0.656. The molecule has 0 aliphatic heterocycles. The van der Waals surface area contributed by atoms with Crippen LogP contribution in [0, 0.1) is 5.92 Å². The van der Waals surface area contributed by atoms with Gasteiger partial charge in [-0.3, -0.25) is 0 Å². The van der Waals surface area contributed by atoms with Gasteiger partial charge in [0, 0.05) is 12.2 Å². The molecule has 0 aromatic heterocycles. The number of hydrogen-bond donors (Lipinski definition) is 0. The summed E-state index contributed by atoms with van der Waals surface area (Å²) in [5.74, 6) is 1.44. The molecule has 1 aromatic rings. The van der Waals surface area contributed by atoms with Gasteiger partial charge in [-0.15, -0.1) is 0 Å². The minimum Gasteiger partial charge on any atom is -0.491 e. The molecule has 0 saturated carbocycles.